The Morgan fingerprint density at radius 3 is 1.85 bits per heavy atom. The van der Waals surface area contributed by atoms with Gasteiger partial charge in [0, 0.05) is 11.8 Å². The lowest BCUT2D eigenvalue weighted by molar-refractivity contribution is 1.29. The lowest BCUT2D eigenvalue weighted by Crippen LogP contribution is -2.20. The number of aromatic nitrogens is 1. The molecule has 1 heterocycles. The molecular weight excluding hydrogens is 333 g/mol. The summed E-state index contributed by atoms with van der Waals surface area (Å²) in [5.41, 5.74) is 3.43. The average Bonchev–Trinajstić information content (AvgIpc) is 2.70. The Morgan fingerprint density at radius 2 is 1.23 bits per heavy atom. The Morgan fingerprint density at radius 1 is 0.615 bits per heavy atom. The molecule has 0 aliphatic carbocycles. The number of nitrogens with zero attached hydrogens (tertiary/aromatic N) is 1. The van der Waals surface area contributed by atoms with Gasteiger partial charge in [0.1, 0.15) is 0 Å². The molecule has 0 N–H and O–H groups in total. The van der Waals surface area contributed by atoms with E-state index in [1.807, 2.05) is 12.3 Å². The monoisotopic (exact) mass is 353 g/mol. The number of pyridine rings is 1. The molecule has 0 aliphatic rings. The van der Waals surface area contributed by atoms with Crippen LogP contribution in [0.5, 0.6) is 0 Å². The molecule has 0 amide bonds. The zero-order chi connectivity index (χ0) is 17.8. The summed E-state index contributed by atoms with van der Waals surface area (Å²) >= 11 is 0. The van der Waals surface area contributed by atoms with E-state index in [9.17, 15) is 0 Å². The third-order valence-corrected chi connectivity index (χ3v) is 6.77. The highest BCUT2D eigenvalue weighted by Gasteiger charge is 2.16. The maximum Gasteiger partial charge on any atom is 0.0704 e. The van der Waals surface area contributed by atoms with Crippen molar-refractivity contribution in [2.24, 2.45) is 0 Å². The Labute approximate surface area is 156 Å². The summed E-state index contributed by atoms with van der Waals surface area (Å²) in [5.74, 6) is 0. The van der Waals surface area contributed by atoms with Crippen LogP contribution in [0.3, 0.4) is 0 Å². The molecule has 0 atom stereocenters. The third kappa shape index (κ3) is 3.59. The predicted octanol–water partition coefficient (Wildman–Crippen LogP) is 4.82. The number of benzene rings is 3. The SMILES string of the molecule is Cc1ccnc(-c2cccc(P(c3ccccc3)c3ccccc3)c2)c1. The van der Waals surface area contributed by atoms with Crippen LogP contribution in [0, 0.1) is 6.92 Å². The quantitative estimate of drug-likeness (QED) is 0.480. The van der Waals surface area contributed by atoms with Crippen molar-refractivity contribution in [3.05, 3.63) is 109 Å². The minimum atomic E-state index is -0.588. The minimum absolute atomic E-state index is 0.588. The Hall–Kier alpha value is -2.76. The van der Waals surface area contributed by atoms with Gasteiger partial charge in [0.05, 0.1) is 5.69 Å². The highest BCUT2D eigenvalue weighted by Crippen LogP contribution is 2.33. The van der Waals surface area contributed by atoms with E-state index in [-0.39, 0.29) is 0 Å². The van der Waals surface area contributed by atoms with Crippen LogP contribution in [0.15, 0.2) is 103 Å². The van der Waals surface area contributed by atoms with Crippen LogP contribution in [-0.2, 0) is 0 Å². The molecule has 0 aliphatic heterocycles. The number of hydrogen-bond donors (Lipinski definition) is 0. The molecule has 0 unspecified atom stereocenters. The molecule has 126 valence electrons. The van der Waals surface area contributed by atoms with Gasteiger partial charge in [-0.25, -0.2) is 0 Å². The molecule has 1 nitrogen and oxygen atoms in total. The van der Waals surface area contributed by atoms with E-state index in [0.29, 0.717) is 0 Å². The molecule has 4 rings (SSSR count). The number of aryl methyl sites for hydroxylation is 1. The molecule has 0 bridgehead atoms. The van der Waals surface area contributed by atoms with Crippen LogP contribution >= 0.6 is 7.92 Å². The molecule has 0 saturated heterocycles. The first-order valence-electron chi connectivity index (χ1n) is 8.74. The van der Waals surface area contributed by atoms with Gasteiger partial charge in [-0.3, -0.25) is 4.98 Å². The fourth-order valence-corrected chi connectivity index (χ4v) is 5.44. The topological polar surface area (TPSA) is 12.9 Å². The van der Waals surface area contributed by atoms with Gasteiger partial charge in [0.25, 0.3) is 0 Å². The fraction of sp³-hybridized carbons (Fsp3) is 0.0417. The Bertz CT molecular complexity index is 957. The van der Waals surface area contributed by atoms with Crippen molar-refractivity contribution in [2.75, 3.05) is 0 Å². The van der Waals surface area contributed by atoms with Crippen LogP contribution in [0.4, 0.5) is 0 Å². The van der Waals surface area contributed by atoms with E-state index in [1.165, 1.54) is 27.0 Å². The van der Waals surface area contributed by atoms with E-state index < -0.39 is 7.92 Å². The van der Waals surface area contributed by atoms with Crippen molar-refractivity contribution in [1.29, 1.82) is 0 Å². The van der Waals surface area contributed by atoms with Gasteiger partial charge in [0.15, 0.2) is 0 Å². The van der Waals surface area contributed by atoms with Gasteiger partial charge in [-0.2, -0.15) is 0 Å². The highest BCUT2D eigenvalue weighted by atomic mass is 31.1. The maximum atomic E-state index is 4.56. The summed E-state index contributed by atoms with van der Waals surface area (Å²) < 4.78 is 0. The molecule has 3 aromatic carbocycles. The number of rotatable bonds is 4. The average molecular weight is 353 g/mol. The minimum Gasteiger partial charge on any atom is -0.256 e. The summed E-state index contributed by atoms with van der Waals surface area (Å²) in [6, 6.07) is 34.6. The molecule has 0 fully saturated rings. The third-order valence-electron chi connectivity index (χ3n) is 4.34. The van der Waals surface area contributed by atoms with Gasteiger partial charge in [-0.05, 0) is 54.5 Å². The lowest BCUT2D eigenvalue weighted by Gasteiger charge is -2.20. The molecule has 1 aromatic heterocycles. The standard InChI is InChI=1S/C24H20NP/c1-19-15-16-25-24(17-19)20-9-8-14-23(18-20)26(21-10-4-2-5-11-21)22-12-6-3-7-13-22/h2-18H,1H3. The van der Waals surface area contributed by atoms with Crippen LogP contribution in [-0.4, -0.2) is 4.98 Å². The summed E-state index contributed by atoms with van der Waals surface area (Å²) in [7, 11) is -0.588. The van der Waals surface area contributed by atoms with E-state index in [2.05, 4.69) is 103 Å². The summed E-state index contributed by atoms with van der Waals surface area (Å²) in [6.07, 6.45) is 1.88. The largest absolute Gasteiger partial charge is 0.256 e. The van der Waals surface area contributed by atoms with Crippen LogP contribution in [0.25, 0.3) is 11.3 Å². The summed E-state index contributed by atoms with van der Waals surface area (Å²) in [6.45, 7) is 2.11. The second kappa shape index (κ2) is 7.64. The first-order chi connectivity index (χ1) is 12.8. The molecule has 0 spiro atoms. The zero-order valence-corrected chi connectivity index (χ0v) is 15.6. The van der Waals surface area contributed by atoms with Crippen LogP contribution in [0.1, 0.15) is 5.56 Å². The van der Waals surface area contributed by atoms with Gasteiger partial charge in [-0.1, -0.05) is 78.9 Å². The second-order valence-electron chi connectivity index (χ2n) is 6.28. The van der Waals surface area contributed by atoms with E-state index in [0.717, 1.165) is 5.69 Å². The van der Waals surface area contributed by atoms with Gasteiger partial charge in [-0.15, -0.1) is 0 Å². The van der Waals surface area contributed by atoms with E-state index >= 15 is 0 Å². The Kier molecular flexibility index (Phi) is 4.91. The van der Waals surface area contributed by atoms with Crippen LogP contribution in [0.2, 0.25) is 0 Å². The van der Waals surface area contributed by atoms with Gasteiger partial charge >= 0.3 is 0 Å². The fourth-order valence-electron chi connectivity index (χ4n) is 3.10. The van der Waals surface area contributed by atoms with Gasteiger partial charge in [0.2, 0.25) is 0 Å². The molecule has 0 radical (unpaired) electrons. The first-order valence-corrected chi connectivity index (χ1v) is 10.1. The van der Waals surface area contributed by atoms with Gasteiger partial charge < -0.3 is 0 Å². The summed E-state index contributed by atoms with van der Waals surface area (Å²) in [4.78, 5) is 4.56. The zero-order valence-electron chi connectivity index (χ0n) is 14.7. The predicted molar refractivity (Wildman–Crippen MR) is 113 cm³/mol. The number of hydrogen-bond acceptors (Lipinski definition) is 1. The normalized spacial score (nSPS) is 10.8. The van der Waals surface area contributed by atoms with Crippen molar-refractivity contribution in [3.63, 3.8) is 0 Å². The molecule has 26 heavy (non-hydrogen) atoms. The molecule has 4 aromatic rings. The molecule has 2 heteroatoms. The van der Waals surface area contributed by atoms with Crippen LogP contribution < -0.4 is 15.9 Å². The first kappa shape index (κ1) is 16.7. The summed E-state index contributed by atoms with van der Waals surface area (Å²) in [5, 5.41) is 4.07. The maximum absolute atomic E-state index is 4.56. The lowest BCUT2D eigenvalue weighted by atomic mass is 10.1. The Balaban J connectivity index is 1.83. The highest BCUT2D eigenvalue weighted by molar-refractivity contribution is 7.79. The smallest absolute Gasteiger partial charge is 0.0704 e. The van der Waals surface area contributed by atoms with Crippen molar-refractivity contribution < 1.29 is 0 Å². The van der Waals surface area contributed by atoms with Crippen molar-refractivity contribution >= 4 is 23.8 Å². The molecular formula is C24H20NP. The van der Waals surface area contributed by atoms with Crippen molar-refractivity contribution in [3.8, 4) is 11.3 Å². The second-order valence-corrected chi connectivity index (χ2v) is 8.50. The molecule has 0 saturated carbocycles. The van der Waals surface area contributed by atoms with E-state index in [1.54, 1.807) is 0 Å². The van der Waals surface area contributed by atoms with E-state index in [4.69, 9.17) is 0 Å². The van der Waals surface area contributed by atoms with Crippen molar-refractivity contribution in [2.45, 2.75) is 6.92 Å². The van der Waals surface area contributed by atoms with Crippen molar-refractivity contribution in [1.82, 2.24) is 4.98 Å².